The van der Waals surface area contributed by atoms with E-state index in [0.717, 1.165) is 12.2 Å². The van der Waals surface area contributed by atoms with Gasteiger partial charge in [-0.3, -0.25) is 0 Å². The molecule has 0 amide bonds. The molecule has 0 atom stereocenters. The van der Waals surface area contributed by atoms with Crippen LogP contribution in [0.15, 0.2) is 12.1 Å². The molecule has 0 aliphatic heterocycles. The third-order valence-electron chi connectivity index (χ3n) is 6.08. The maximum atomic E-state index is 6.81. The molecule has 2 saturated carbocycles. The molecule has 0 heterocycles. The zero-order valence-electron chi connectivity index (χ0n) is 15.7. The van der Waals surface area contributed by atoms with Gasteiger partial charge in [0.25, 0.3) is 0 Å². The summed E-state index contributed by atoms with van der Waals surface area (Å²) < 4.78 is 0. The fourth-order valence-corrected chi connectivity index (χ4v) is 4.72. The fraction of sp³-hybridized carbons (Fsp3) is 0.727. The Morgan fingerprint density at radius 2 is 1.50 bits per heavy atom. The van der Waals surface area contributed by atoms with Crippen LogP contribution in [0.25, 0.3) is 0 Å². The molecule has 2 heteroatoms. The first-order chi connectivity index (χ1) is 11.7. The standard InChI is InChI=1S/C22H36N2/c1-16(2)15-24-20-14-13-19(17-9-5-3-6-10-17)22(23)21(20)18-11-7-4-8-12-18/h13-14,16-18,24H,3-12,15,23H2,1-2H3. The third-order valence-corrected chi connectivity index (χ3v) is 6.08. The van der Waals surface area contributed by atoms with Gasteiger partial charge in [0.15, 0.2) is 0 Å². The molecule has 2 nitrogen and oxygen atoms in total. The third kappa shape index (κ3) is 4.07. The molecule has 3 rings (SSSR count). The molecule has 2 aliphatic rings. The first-order valence-electron chi connectivity index (χ1n) is 10.3. The highest BCUT2D eigenvalue weighted by Gasteiger charge is 2.25. The van der Waals surface area contributed by atoms with E-state index in [9.17, 15) is 0 Å². The van der Waals surface area contributed by atoms with Crippen LogP contribution >= 0.6 is 0 Å². The zero-order chi connectivity index (χ0) is 16.9. The molecule has 0 saturated heterocycles. The van der Waals surface area contributed by atoms with Gasteiger partial charge in [0, 0.05) is 23.5 Å². The lowest BCUT2D eigenvalue weighted by Gasteiger charge is -2.30. The highest BCUT2D eigenvalue weighted by Crippen LogP contribution is 2.44. The Hall–Kier alpha value is -1.18. The van der Waals surface area contributed by atoms with E-state index >= 15 is 0 Å². The van der Waals surface area contributed by atoms with Crippen molar-refractivity contribution in [1.29, 1.82) is 0 Å². The smallest absolute Gasteiger partial charge is 0.0405 e. The van der Waals surface area contributed by atoms with Gasteiger partial charge in [-0.05, 0) is 55.1 Å². The van der Waals surface area contributed by atoms with E-state index in [1.165, 1.54) is 81.0 Å². The quantitative estimate of drug-likeness (QED) is 0.611. The summed E-state index contributed by atoms with van der Waals surface area (Å²) in [5.41, 5.74) is 12.2. The number of rotatable bonds is 5. The highest BCUT2D eigenvalue weighted by atomic mass is 14.9. The van der Waals surface area contributed by atoms with Crippen molar-refractivity contribution in [1.82, 2.24) is 0 Å². The van der Waals surface area contributed by atoms with Gasteiger partial charge < -0.3 is 11.1 Å². The second-order valence-electron chi connectivity index (χ2n) is 8.47. The lowest BCUT2D eigenvalue weighted by atomic mass is 9.78. The first-order valence-corrected chi connectivity index (χ1v) is 10.3. The Morgan fingerprint density at radius 1 is 0.917 bits per heavy atom. The van der Waals surface area contributed by atoms with Gasteiger partial charge in [0.2, 0.25) is 0 Å². The molecule has 2 fully saturated rings. The number of nitrogen functional groups attached to an aromatic ring is 1. The van der Waals surface area contributed by atoms with Crippen molar-refractivity contribution in [3.63, 3.8) is 0 Å². The lowest BCUT2D eigenvalue weighted by Crippen LogP contribution is -2.17. The molecule has 0 radical (unpaired) electrons. The van der Waals surface area contributed by atoms with E-state index in [-0.39, 0.29) is 0 Å². The SMILES string of the molecule is CC(C)CNc1ccc(C2CCCCC2)c(N)c1C1CCCCC1. The maximum absolute atomic E-state index is 6.81. The molecule has 1 aromatic rings. The Labute approximate surface area is 148 Å². The number of hydrogen-bond acceptors (Lipinski definition) is 2. The van der Waals surface area contributed by atoms with Crippen molar-refractivity contribution in [2.24, 2.45) is 5.92 Å². The summed E-state index contributed by atoms with van der Waals surface area (Å²) >= 11 is 0. The van der Waals surface area contributed by atoms with E-state index in [1.807, 2.05) is 0 Å². The van der Waals surface area contributed by atoms with Crippen molar-refractivity contribution in [3.05, 3.63) is 23.3 Å². The normalized spacial score (nSPS) is 20.5. The van der Waals surface area contributed by atoms with Gasteiger partial charge in [-0.1, -0.05) is 58.4 Å². The van der Waals surface area contributed by atoms with Gasteiger partial charge in [-0.15, -0.1) is 0 Å². The van der Waals surface area contributed by atoms with E-state index in [0.29, 0.717) is 17.8 Å². The average molecular weight is 329 g/mol. The molecule has 0 bridgehead atoms. The Balaban J connectivity index is 1.91. The minimum atomic E-state index is 0.656. The number of benzene rings is 1. The van der Waals surface area contributed by atoms with Crippen LogP contribution in [0.4, 0.5) is 11.4 Å². The van der Waals surface area contributed by atoms with Gasteiger partial charge in [0.05, 0.1) is 0 Å². The summed E-state index contributed by atoms with van der Waals surface area (Å²) in [6, 6.07) is 4.67. The largest absolute Gasteiger partial charge is 0.398 e. The molecule has 0 aromatic heterocycles. The zero-order valence-corrected chi connectivity index (χ0v) is 15.7. The van der Waals surface area contributed by atoms with E-state index in [4.69, 9.17) is 5.73 Å². The molecule has 0 spiro atoms. The Bertz CT molecular complexity index is 523. The van der Waals surface area contributed by atoms with Crippen molar-refractivity contribution in [2.45, 2.75) is 89.9 Å². The van der Waals surface area contributed by atoms with E-state index in [1.54, 1.807) is 0 Å². The van der Waals surface area contributed by atoms with Crippen LogP contribution in [0.2, 0.25) is 0 Å². The van der Waals surface area contributed by atoms with E-state index < -0.39 is 0 Å². The summed E-state index contributed by atoms with van der Waals surface area (Å²) in [5, 5.41) is 3.70. The summed E-state index contributed by atoms with van der Waals surface area (Å²) in [7, 11) is 0. The number of anilines is 2. The first kappa shape index (κ1) is 17.6. The van der Waals surface area contributed by atoms with Crippen LogP contribution in [0.5, 0.6) is 0 Å². The minimum Gasteiger partial charge on any atom is -0.398 e. The van der Waals surface area contributed by atoms with Gasteiger partial charge in [0.1, 0.15) is 0 Å². The van der Waals surface area contributed by atoms with Crippen LogP contribution in [0.1, 0.15) is 101 Å². The maximum Gasteiger partial charge on any atom is 0.0405 e. The average Bonchev–Trinajstić information content (AvgIpc) is 2.61. The monoisotopic (exact) mass is 328 g/mol. The molecular formula is C22H36N2. The highest BCUT2D eigenvalue weighted by molar-refractivity contribution is 5.69. The van der Waals surface area contributed by atoms with Crippen LogP contribution < -0.4 is 11.1 Å². The van der Waals surface area contributed by atoms with Crippen molar-refractivity contribution < 1.29 is 0 Å². The van der Waals surface area contributed by atoms with Gasteiger partial charge in [-0.25, -0.2) is 0 Å². The van der Waals surface area contributed by atoms with Crippen molar-refractivity contribution in [2.75, 3.05) is 17.6 Å². The molecule has 3 N–H and O–H groups in total. The van der Waals surface area contributed by atoms with Crippen molar-refractivity contribution >= 4 is 11.4 Å². The molecule has 134 valence electrons. The molecular weight excluding hydrogens is 292 g/mol. The van der Waals surface area contributed by atoms with Crippen LogP contribution in [0.3, 0.4) is 0 Å². The second kappa shape index (κ2) is 8.27. The summed E-state index contributed by atoms with van der Waals surface area (Å²) in [6.45, 7) is 5.57. The van der Waals surface area contributed by atoms with E-state index in [2.05, 4.69) is 31.3 Å². The molecule has 2 aliphatic carbocycles. The Morgan fingerprint density at radius 3 is 2.08 bits per heavy atom. The Kier molecular flexibility index (Phi) is 6.08. The van der Waals surface area contributed by atoms with Crippen LogP contribution in [-0.4, -0.2) is 6.54 Å². The van der Waals surface area contributed by atoms with Crippen LogP contribution in [0, 0.1) is 5.92 Å². The van der Waals surface area contributed by atoms with Crippen molar-refractivity contribution in [3.8, 4) is 0 Å². The summed E-state index contributed by atoms with van der Waals surface area (Å²) in [6.07, 6.45) is 13.5. The van der Waals surface area contributed by atoms with Gasteiger partial charge in [-0.2, -0.15) is 0 Å². The van der Waals surface area contributed by atoms with Gasteiger partial charge >= 0.3 is 0 Å². The second-order valence-corrected chi connectivity index (χ2v) is 8.47. The van der Waals surface area contributed by atoms with Crippen LogP contribution in [-0.2, 0) is 0 Å². The minimum absolute atomic E-state index is 0.656. The summed E-state index contributed by atoms with van der Waals surface area (Å²) in [5.74, 6) is 2.01. The predicted octanol–water partition coefficient (Wildman–Crippen LogP) is 6.43. The number of nitrogens with two attached hydrogens (primary N) is 1. The molecule has 1 aromatic carbocycles. The predicted molar refractivity (Wildman–Crippen MR) is 106 cm³/mol. The topological polar surface area (TPSA) is 38.0 Å². The lowest BCUT2D eigenvalue weighted by molar-refractivity contribution is 0.437. The number of nitrogens with one attached hydrogen (secondary N) is 1. The summed E-state index contributed by atoms with van der Waals surface area (Å²) in [4.78, 5) is 0. The number of hydrogen-bond donors (Lipinski definition) is 2. The molecule has 0 unspecified atom stereocenters. The fourth-order valence-electron chi connectivity index (χ4n) is 4.72. The molecule has 24 heavy (non-hydrogen) atoms.